The summed E-state index contributed by atoms with van der Waals surface area (Å²) < 4.78 is 14.9. The van der Waals surface area contributed by atoms with Crippen LogP contribution in [0.3, 0.4) is 0 Å². The molecule has 2 aliphatic rings. The van der Waals surface area contributed by atoms with Crippen LogP contribution < -0.4 is 15.2 Å². The van der Waals surface area contributed by atoms with Gasteiger partial charge >= 0.3 is 0 Å². The Morgan fingerprint density at radius 2 is 1.95 bits per heavy atom. The molecular formula is C29H37N7O3. The van der Waals surface area contributed by atoms with Crippen molar-refractivity contribution in [2.75, 3.05) is 31.7 Å². The fourth-order valence-corrected chi connectivity index (χ4v) is 6.10. The third-order valence-electron chi connectivity index (χ3n) is 8.43. The maximum Gasteiger partial charge on any atom is 0.252 e. The molecule has 2 saturated heterocycles. The lowest BCUT2D eigenvalue weighted by molar-refractivity contribution is -0.0390. The SMILES string of the molecule is COc1cnc2ccc(C(C)N3C[C@H](C)N(c4cc(=O)n(C)c5cn(C6CCCCO6)nc45)C[C@H]3C)cc2n1. The average Bonchev–Trinajstić information content (AvgIpc) is 3.41. The average molecular weight is 532 g/mol. The zero-order valence-electron chi connectivity index (χ0n) is 23.4. The quantitative estimate of drug-likeness (QED) is 0.381. The zero-order chi connectivity index (χ0) is 27.3. The summed E-state index contributed by atoms with van der Waals surface area (Å²) in [6.45, 7) is 9.13. The molecule has 2 aliphatic heterocycles. The van der Waals surface area contributed by atoms with Crippen molar-refractivity contribution in [3.63, 3.8) is 0 Å². The van der Waals surface area contributed by atoms with Gasteiger partial charge in [-0.3, -0.25) is 9.69 Å². The number of methoxy groups -OCH3 is 1. The van der Waals surface area contributed by atoms with E-state index in [1.807, 2.05) is 24.0 Å². The van der Waals surface area contributed by atoms with Crippen molar-refractivity contribution >= 4 is 27.8 Å². The monoisotopic (exact) mass is 531 g/mol. The van der Waals surface area contributed by atoms with Crippen molar-refractivity contribution in [1.29, 1.82) is 0 Å². The molecule has 206 valence electrons. The van der Waals surface area contributed by atoms with Crippen molar-refractivity contribution in [2.24, 2.45) is 7.05 Å². The Hall–Kier alpha value is -3.50. The Morgan fingerprint density at radius 1 is 1.10 bits per heavy atom. The molecular weight excluding hydrogens is 494 g/mol. The molecule has 2 unspecified atom stereocenters. The standard InChI is InChI=1S/C29H37N7O3/c1-18-16-35(24-13-27(37)33(4)25-17-36(32-29(24)25)28-8-6-7-11-39-28)19(2)15-34(18)20(3)21-9-10-22-23(12-21)31-26(38-5)14-30-22/h9-10,12-14,17-20,28H,6-8,11,15-16H2,1-5H3/t18-,19+,20?,28?/m1/s1. The minimum Gasteiger partial charge on any atom is -0.480 e. The van der Waals surface area contributed by atoms with Crippen molar-refractivity contribution in [2.45, 2.75) is 64.4 Å². The highest BCUT2D eigenvalue weighted by atomic mass is 16.5. The van der Waals surface area contributed by atoms with E-state index in [0.717, 1.165) is 66.7 Å². The Labute approximate surface area is 228 Å². The largest absolute Gasteiger partial charge is 0.480 e. The number of anilines is 1. The van der Waals surface area contributed by atoms with Crippen molar-refractivity contribution in [1.82, 2.24) is 29.2 Å². The van der Waals surface area contributed by atoms with E-state index in [1.165, 1.54) is 5.56 Å². The number of pyridine rings is 1. The molecule has 5 heterocycles. The van der Waals surface area contributed by atoms with Gasteiger partial charge in [-0.25, -0.2) is 14.6 Å². The molecule has 2 fully saturated rings. The van der Waals surface area contributed by atoms with Gasteiger partial charge in [0, 0.05) is 50.9 Å². The second kappa shape index (κ2) is 10.2. The van der Waals surface area contributed by atoms with Crippen LogP contribution in [0.25, 0.3) is 22.1 Å². The Kier molecular flexibility index (Phi) is 6.76. The molecule has 0 amide bonds. The lowest BCUT2D eigenvalue weighted by Crippen LogP contribution is -2.57. The maximum absolute atomic E-state index is 13.0. The normalized spacial score (nSPS) is 23.4. The molecule has 0 spiro atoms. The number of aromatic nitrogens is 5. The van der Waals surface area contributed by atoms with Crippen molar-refractivity contribution in [3.8, 4) is 5.88 Å². The summed E-state index contributed by atoms with van der Waals surface area (Å²) in [5, 5.41) is 4.97. The van der Waals surface area contributed by atoms with Crippen LogP contribution in [0.5, 0.6) is 5.88 Å². The second-order valence-electron chi connectivity index (χ2n) is 11.0. The molecule has 0 aliphatic carbocycles. The van der Waals surface area contributed by atoms with Crippen LogP contribution in [0.2, 0.25) is 0 Å². The van der Waals surface area contributed by atoms with Gasteiger partial charge in [0.2, 0.25) is 5.88 Å². The predicted molar refractivity (Wildman–Crippen MR) is 151 cm³/mol. The minimum absolute atomic E-state index is 0.0232. The lowest BCUT2D eigenvalue weighted by atomic mass is 10.00. The number of rotatable bonds is 5. The van der Waals surface area contributed by atoms with Gasteiger partial charge in [0.1, 0.15) is 11.7 Å². The molecule has 0 radical (unpaired) electrons. The number of fused-ring (bicyclic) bond motifs is 2. The van der Waals surface area contributed by atoms with E-state index in [9.17, 15) is 4.79 Å². The fraction of sp³-hybridized carbons (Fsp3) is 0.517. The number of hydrogen-bond donors (Lipinski definition) is 0. The van der Waals surface area contributed by atoms with Gasteiger partial charge in [-0.15, -0.1) is 0 Å². The molecule has 4 aromatic rings. The summed E-state index contributed by atoms with van der Waals surface area (Å²) in [4.78, 5) is 26.9. The van der Waals surface area contributed by atoms with E-state index in [2.05, 4.69) is 52.7 Å². The summed E-state index contributed by atoms with van der Waals surface area (Å²) in [7, 11) is 3.42. The highest BCUT2D eigenvalue weighted by molar-refractivity contribution is 5.88. The van der Waals surface area contributed by atoms with Crippen LogP contribution in [-0.4, -0.2) is 68.1 Å². The van der Waals surface area contributed by atoms with Crippen LogP contribution in [-0.2, 0) is 11.8 Å². The first-order valence-corrected chi connectivity index (χ1v) is 13.9. The van der Waals surface area contributed by atoms with Gasteiger partial charge in [0.15, 0.2) is 0 Å². The van der Waals surface area contributed by atoms with Crippen LogP contribution in [0.4, 0.5) is 5.69 Å². The highest BCUT2D eigenvalue weighted by Gasteiger charge is 2.34. The molecule has 39 heavy (non-hydrogen) atoms. The molecule has 0 saturated carbocycles. The number of nitrogens with zero attached hydrogens (tertiary/aromatic N) is 7. The van der Waals surface area contributed by atoms with Gasteiger partial charge < -0.3 is 18.9 Å². The zero-order valence-corrected chi connectivity index (χ0v) is 23.4. The van der Waals surface area contributed by atoms with Crippen molar-refractivity contribution < 1.29 is 9.47 Å². The van der Waals surface area contributed by atoms with E-state index in [1.54, 1.807) is 23.9 Å². The van der Waals surface area contributed by atoms with Crippen molar-refractivity contribution in [3.05, 3.63) is 52.6 Å². The third kappa shape index (κ3) is 4.65. The number of piperazine rings is 1. The smallest absolute Gasteiger partial charge is 0.252 e. The van der Waals surface area contributed by atoms with Gasteiger partial charge in [0.25, 0.3) is 5.56 Å². The fourth-order valence-electron chi connectivity index (χ4n) is 6.10. The van der Waals surface area contributed by atoms with Crippen LogP contribution in [0.1, 0.15) is 57.9 Å². The molecule has 0 N–H and O–H groups in total. The van der Waals surface area contributed by atoms with Crippen LogP contribution >= 0.6 is 0 Å². The summed E-state index contributed by atoms with van der Waals surface area (Å²) >= 11 is 0. The second-order valence-corrected chi connectivity index (χ2v) is 11.0. The molecule has 10 heteroatoms. The first kappa shape index (κ1) is 25.8. The first-order valence-electron chi connectivity index (χ1n) is 13.9. The number of ether oxygens (including phenoxy) is 2. The van der Waals surface area contributed by atoms with Gasteiger partial charge in [0.05, 0.1) is 41.7 Å². The van der Waals surface area contributed by atoms with E-state index >= 15 is 0 Å². The van der Waals surface area contributed by atoms with Gasteiger partial charge in [-0.05, 0) is 57.7 Å². The third-order valence-corrected chi connectivity index (χ3v) is 8.43. The lowest BCUT2D eigenvalue weighted by Gasteiger charge is -2.47. The van der Waals surface area contributed by atoms with E-state index in [-0.39, 0.29) is 29.9 Å². The number of hydrogen-bond acceptors (Lipinski definition) is 8. The maximum atomic E-state index is 13.0. The Bertz CT molecular complexity index is 1560. The molecule has 10 nitrogen and oxygen atoms in total. The summed E-state index contributed by atoms with van der Waals surface area (Å²) in [6.07, 6.45) is 6.69. The van der Waals surface area contributed by atoms with Gasteiger partial charge in [-0.2, -0.15) is 5.10 Å². The Morgan fingerprint density at radius 3 is 2.72 bits per heavy atom. The van der Waals surface area contributed by atoms with Crippen LogP contribution in [0.15, 0.2) is 41.5 Å². The molecule has 1 aromatic carbocycles. The van der Waals surface area contributed by atoms with E-state index in [0.29, 0.717) is 5.88 Å². The molecule has 6 rings (SSSR count). The van der Waals surface area contributed by atoms with E-state index < -0.39 is 0 Å². The van der Waals surface area contributed by atoms with E-state index in [4.69, 9.17) is 14.6 Å². The summed E-state index contributed by atoms with van der Waals surface area (Å²) in [6, 6.07) is 8.67. The number of aryl methyl sites for hydroxylation is 1. The highest BCUT2D eigenvalue weighted by Crippen LogP contribution is 2.34. The first-order chi connectivity index (χ1) is 18.8. The molecule has 0 bridgehead atoms. The molecule has 3 aromatic heterocycles. The Balaban J connectivity index is 1.29. The number of benzene rings is 1. The van der Waals surface area contributed by atoms with Crippen LogP contribution in [0, 0.1) is 0 Å². The summed E-state index contributed by atoms with van der Waals surface area (Å²) in [5.74, 6) is 0.515. The molecule has 4 atom stereocenters. The topological polar surface area (TPSA) is 90.5 Å². The minimum atomic E-state index is -0.0743. The predicted octanol–water partition coefficient (Wildman–Crippen LogP) is 4.05. The summed E-state index contributed by atoms with van der Waals surface area (Å²) in [5.41, 5.74) is 5.46. The van der Waals surface area contributed by atoms with Gasteiger partial charge in [-0.1, -0.05) is 6.07 Å².